The number of amides is 1. The van der Waals surface area contributed by atoms with E-state index in [1.165, 1.54) is 0 Å². The summed E-state index contributed by atoms with van der Waals surface area (Å²) in [7, 11) is 0. The molecule has 0 aliphatic carbocycles. The number of aliphatic hydroxyl groups is 1. The second-order valence-electron chi connectivity index (χ2n) is 9.37. The van der Waals surface area contributed by atoms with Crippen LogP contribution in [0, 0.1) is 6.92 Å². The molecule has 7 heteroatoms. The Balaban J connectivity index is 1.64. The number of hydrogen-bond acceptors (Lipinski definition) is 5. The van der Waals surface area contributed by atoms with Crippen LogP contribution in [0.1, 0.15) is 29.9 Å². The average Bonchev–Trinajstić information content (AvgIpc) is 3.18. The molecule has 0 bridgehead atoms. The lowest BCUT2D eigenvalue weighted by Crippen LogP contribution is -2.30. The van der Waals surface area contributed by atoms with Crippen molar-refractivity contribution in [2.45, 2.75) is 26.4 Å². The van der Waals surface area contributed by atoms with Crippen molar-refractivity contribution < 1.29 is 9.90 Å². The predicted octanol–water partition coefficient (Wildman–Crippen LogP) is 4.83. The van der Waals surface area contributed by atoms with E-state index in [1.807, 2.05) is 60.3 Å². The van der Waals surface area contributed by atoms with Crippen LogP contribution in [-0.2, 0) is 0 Å². The van der Waals surface area contributed by atoms with Crippen LogP contribution in [0.3, 0.4) is 0 Å². The maximum absolute atomic E-state index is 12.0. The van der Waals surface area contributed by atoms with Gasteiger partial charge < -0.3 is 16.2 Å². The van der Waals surface area contributed by atoms with Gasteiger partial charge in [0.15, 0.2) is 0 Å². The lowest BCUT2D eigenvalue weighted by molar-refractivity contribution is 0.0940. The number of nitrogens with zero attached hydrogens (tertiary/aromatic N) is 3. The van der Waals surface area contributed by atoms with Gasteiger partial charge in [-0.2, -0.15) is 5.10 Å². The van der Waals surface area contributed by atoms with E-state index in [1.54, 1.807) is 19.9 Å². The quantitative estimate of drug-likeness (QED) is 0.333. The maximum Gasteiger partial charge on any atom is 0.250 e. The van der Waals surface area contributed by atoms with E-state index < -0.39 is 11.5 Å². The zero-order chi connectivity index (χ0) is 24.7. The number of aryl methyl sites for hydroxylation is 1. The fourth-order valence-electron chi connectivity index (χ4n) is 4.34. The molecule has 0 aliphatic heterocycles. The number of primary amides is 1. The standard InChI is InChI=1S/C28H27N5O2/c1-17-26-21(19-13-18-7-4-5-9-23(18)30-15-19)8-6-10-25(26)33(32-17)20-11-12-22(27(29)34)24(14-20)31-16-28(2,3)35/h4-15,31,35H,16H2,1-3H3,(H2,29,34). The van der Waals surface area contributed by atoms with Crippen molar-refractivity contribution in [2.24, 2.45) is 5.73 Å². The number of pyridine rings is 1. The minimum Gasteiger partial charge on any atom is -0.389 e. The Labute approximate surface area is 203 Å². The summed E-state index contributed by atoms with van der Waals surface area (Å²) in [4.78, 5) is 16.6. The lowest BCUT2D eigenvalue weighted by atomic mass is 10.0. The minimum absolute atomic E-state index is 0.259. The molecule has 0 spiro atoms. The number of carbonyl (C=O) groups is 1. The first-order valence-corrected chi connectivity index (χ1v) is 11.5. The molecule has 0 atom stereocenters. The Morgan fingerprint density at radius 2 is 1.89 bits per heavy atom. The topological polar surface area (TPSA) is 106 Å². The van der Waals surface area contributed by atoms with E-state index in [2.05, 4.69) is 28.5 Å². The molecular weight excluding hydrogens is 438 g/mol. The summed E-state index contributed by atoms with van der Waals surface area (Å²) in [6, 6.07) is 21.7. The van der Waals surface area contributed by atoms with Gasteiger partial charge in [-0.05, 0) is 62.7 Å². The highest BCUT2D eigenvalue weighted by molar-refractivity contribution is 6.00. The molecule has 35 heavy (non-hydrogen) atoms. The van der Waals surface area contributed by atoms with Crippen molar-refractivity contribution in [3.63, 3.8) is 0 Å². The Hall–Kier alpha value is -4.23. The molecule has 1 amide bonds. The summed E-state index contributed by atoms with van der Waals surface area (Å²) in [6.45, 7) is 5.64. The molecule has 2 heterocycles. The van der Waals surface area contributed by atoms with E-state index in [4.69, 9.17) is 10.8 Å². The van der Waals surface area contributed by atoms with Crippen molar-refractivity contribution in [3.05, 3.63) is 84.2 Å². The van der Waals surface area contributed by atoms with E-state index in [0.29, 0.717) is 11.3 Å². The van der Waals surface area contributed by atoms with E-state index >= 15 is 0 Å². The van der Waals surface area contributed by atoms with Crippen molar-refractivity contribution in [2.75, 3.05) is 11.9 Å². The number of anilines is 1. The fourth-order valence-corrected chi connectivity index (χ4v) is 4.34. The van der Waals surface area contributed by atoms with Gasteiger partial charge in [0, 0.05) is 34.8 Å². The molecule has 0 radical (unpaired) electrons. The highest BCUT2D eigenvalue weighted by Crippen LogP contribution is 2.34. The number of para-hydroxylation sites is 1. The SMILES string of the molecule is Cc1nn(-c2ccc(C(N)=O)c(NCC(C)(C)O)c2)c2cccc(-c3cnc4ccccc4c3)c12. The molecule has 0 fully saturated rings. The number of fused-ring (bicyclic) bond motifs is 2. The second-order valence-corrected chi connectivity index (χ2v) is 9.37. The summed E-state index contributed by atoms with van der Waals surface area (Å²) in [5.74, 6) is -0.539. The Morgan fingerprint density at radius 3 is 2.66 bits per heavy atom. The van der Waals surface area contributed by atoms with Gasteiger partial charge in [-0.15, -0.1) is 0 Å². The summed E-state index contributed by atoms with van der Waals surface area (Å²) in [5.41, 5.74) is 11.2. The van der Waals surface area contributed by atoms with Gasteiger partial charge in [0.25, 0.3) is 5.91 Å². The second kappa shape index (κ2) is 8.52. The minimum atomic E-state index is -0.956. The predicted molar refractivity (Wildman–Crippen MR) is 140 cm³/mol. The van der Waals surface area contributed by atoms with Gasteiger partial charge in [-0.25, -0.2) is 4.68 Å². The van der Waals surface area contributed by atoms with Crippen LogP contribution in [0.5, 0.6) is 0 Å². The highest BCUT2D eigenvalue weighted by atomic mass is 16.3. The number of aromatic nitrogens is 3. The first kappa shape index (κ1) is 22.6. The van der Waals surface area contributed by atoms with Crippen molar-refractivity contribution in [1.82, 2.24) is 14.8 Å². The van der Waals surface area contributed by atoms with Crippen molar-refractivity contribution >= 4 is 33.4 Å². The largest absolute Gasteiger partial charge is 0.389 e. The number of carbonyl (C=O) groups excluding carboxylic acids is 1. The summed E-state index contributed by atoms with van der Waals surface area (Å²) >= 11 is 0. The van der Waals surface area contributed by atoms with E-state index in [-0.39, 0.29) is 6.54 Å². The van der Waals surface area contributed by atoms with Gasteiger partial charge >= 0.3 is 0 Å². The van der Waals surface area contributed by atoms with Crippen LogP contribution in [0.15, 0.2) is 72.9 Å². The number of nitrogens with two attached hydrogens (primary N) is 1. The van der Waals surface area contributed by atoms with Gasteiger partial charge in [0.1, 0.15) is 0 Å². The first-order valence-electron chi connectivity index (χ1n) is 11.5. The fraction of sp³-hybridized carbons (Fsp3) is 0.179. The lowest BCUT2D eigenvalue weighted by Gasteiger charge is -2.20. The van der Waals surface area contributed by atoms with E-state index in [9.17, 15) is 9.90 Å². The number of benzene rings is 3. The van der Waals surface area contributed by atoms with Crippen LogP contribution in [0.2, 0.25) is 0 Å². The van der Waals surface area contributed by atoms with Crippen molar-refractivity contribution in [1.29, 1.82) is 0 Å². The Morgan fingerprint density at radius 1 is 1.09 bits per heavy atom. The van der Waals surface area contributed by atoms with Gasteiger partial charge in [-0.1, -0.05) is 30.3 Å². The van der Waals surface area contributed by atoms with Crippen molar-refractivity contribution in [3.8, 4) is 16.8 Å². The third-order valence-electron chi connectivity index (χ3n) is 6.01. The third-order valence-corrected chi connectivity index (χ3v) is 6.01. The normalized spacial score (nSPS) is 11.8. The number of nitrogens with one attached hydrogen (secondary N) is 1. The molecule has 4 N–H and O–H groups in total. The molecule has 0 saturated carbocycles. The zero-order valence-corrected chi connectivity index (χ0v) is 19.9. The van der Waals surface area contributed by atoms with Gasteiger partial charge in [-0.3, -0.25) is 9.78 Å². The number of hydrogen-bond donors (Lipinski definition) is 3. The van der Waals surface area contributed by atoms with Crippen LogP contribution < -0.4 is 11.1 Å². The first-order chi connectivity index (χ1) is 16.7. The Bertz CT molecular complexity index is 1580. The summed E-state index contributed by atoms with van der Waals surface area (Å²) < 4.78 is 1.86. The Kier molecular flexibility index (Phi) is 5.49. The third kappa shape index (κ3) is 4.34. The maximum atomic E-state index is 12.0. The molecule has 3 aromatic carbocycles. The molecule has 0 unspecified atom stereocenters. The van der Waals surface area contributed by atoms with Crippen LogP contribution >= 0.6 is 0 Å². The molecule has 176 valence electrons. The molecular formula is C28H27N5O2. The zero-order valence-electron chi connectivity index (χ0n) is 19.9. The summed E-state index contributed by atoms with van der Waals surface area (Å²) in [5, 5.41) is 20.2. The number of rotatable bonds is 6. The molecule has 0 aliphatic rings. The molecule has 5 rings (SSSR count). The molecule has 7 nitrogen and oxygen atoms in total. The molecule has 2 aromatic heterocycles. The molecule has 5 aromatic rings. The average molecular weight is 466 g/mol. The smallest absolute Gasteiger partial charge is 0.250 e. The monoisotopic (exact) mass is 465 g/mol. The van der Waals surface area contributed by atoms with E-state index in [0.717, 1.165) is 44.3 Å². The van der Waals surface area contributed by atoms with Gasteiger partial charge in [0.05, 0.1) is 33.6 Å². The van der Waals surface area contributed by atoms with Crippen LogP contribution in [0.4, 0.5) is 5.69 Å². The van der Waals surface area contributed by atoms with Gasteiger partial charge in [0.2, 0.25) is 0 Å². The highest BCUT2D eigenvalue weighted by Gasteiger charge is 2.18. The van der Waals surface area contributed by atoms with Crippen LogP contribution in [0.25, 0.3) is 38.6 Å². The summed E-state index contributed by atoms with van der Waals surface area (Å²) in [6.07, 6.45) is 1.90. The van der Waals surface area contributed by atoms with Crippen LogP contribution in [-0.4, -0.2) is 37.9 Å². The molecule has 0 saturated heterocycles.